The largest absolute Gasteiger partial charge is 0.418 e. The Morgan fingerprint density at radius 2 is 1.21 bits per heavy atom. The molecule has 2 aromatic carbocycles. The van der Waals surface area contributed by atoms with Gasteiger partial charge < -0.3 is 0 Å². The second-order valence-corrected chi connectivity index (χ2v) is 7.01. The van der Waals surface area contributed by atoms with Gasteiger partial charge in [0.1, 0.15) is 0 Å². The molecule has 0 unspecified atom stereocenters. The van der Waals surface area contributed by atoms with Gasteiger partial charge in [-0.2, -0.15) is 39.5 Å². The van der Waals surface area contributed by atoms with Gasteiger partial charge >= 0.3 is 18.5 Å². The Labute approximate surface area is 151 Å². The van der Waals surface area contributed by atoms with Crippen LogP contribution < -0.4 is 4.72 Å². The van der Waals surface area contributed by atoms with Gasteiger partial charge in [0.15, 0.2) is 0 Å². The second kappa shape index (κ2) is 6.87. The quantitative estimate of drug-likeness (QED) is 0.641. The molecule has 0 atom stereocenters. The van der Waals surface area contributed by atoms with Crippen LogP contribution in [0.3, 0.4) is 0 Å². The molecule has 13 heteroatoms. The van der Waals surface area contributed by atoms with Crippen molar-refractivity contribution in [3.63, 3.8) is 0 Å². The highest BCUT2D eigenvalue weighted by Gasteiger charge is 2.40. The van der Waals surface area contributed by atoms with Gasteiger partial charge in [-0.15, -0.1) is 0 Å². The van der Waals surface area contributed by atoms with Crippen LogP contribution in [-0.2, 0) is 28.6 Å². The number of sulfonamides is 1. The summed E-state index contributed by atoms with van der Waals surface area (Å²) in [6, 6.07) is 2.46. The van der Waals surface area contributed by atoms with Crippen molar-refractivity contribution in [1.29, 1.82) is 0 Å². The lowest BCUT2D eigenvalue weighted by Gasteiger charge is -2.18. The summed E-state index contributed by atoms with van der Waals surface area (Å²) in [5, 5.41) is 0. The number of hydrogen-bond donors (Lipinski definition) is 1. The highest BCUT2D eigenvalue weighted by molar-refractivity contribution is 7.92. The molecule has 3 nitrogen and oxygen atoms in total. The van der Waals surface area contributed by atoms with Crippen LogP contribution in [0.4, 0.5) is 45.2 Å². The molecule has 0 aliphatic heterocycles. The van der Waals surface area contributed by atoms with Gasteiger partial charge in [-0.1, -0.05) is 12.1 Å². The minimum atomic E-state index is -5.31. The molecule has 2 rings (SSSR count). The zero-order valence-electron chi connectivity index (χ0n) is 13.2. The Kier molecular flexibility index (Phi) is 5.36. The first-order chi connectivity index (χ1) is 12.5. The summed E-state index contributed by atoms with van der Waals surface area (Å²) in [7, 11) is -5.31. The van der Waals surface area contributed by atoms with E-state index in [-0.39, 0.29) is 18.2 Å². The van der Waals surface area contributed by atoms with E-state index in [0.717, 1.165) is 12.1 Å². The zero-order valence-corrected chi connectivity index (χ0v) is 14.0. The maximum Gasteiger partial charge on any atom is 0.418 e. The normalized spacial score (nSPS) is 13.5. The Balaban J connectivity index is 2.64. The van der Waals surface area contributed by atoms with E-state index in [4.69, 9.17) is 0 Å². The van der Waals surface area contributed by atoms with Crippen molar-refractivity contribution in [2.45, 2.75) is 23.4 Å². The smallest absolute Gasteiger partial charge is 0.279 e. The van der Waals surface area contributed by atoms with Crippen molar-refractivity contribution in [2.24, 2.45) is 0 Å². The lowest BCUT2D eigenvalue weighted by Crippen LogP contribution is -2.21. The molecule has 0 saturated heterocycles. The SMILES string of the molecule is O=S(=O)(Nc1cc(C(F)(F)F)ccc1C(F)(F)F)c1ccccc1C(F)(F)F. The summed E-state index contributed by atoms with van der Waals surface area (Å²) >= 11 is 0. The van der Waals surface area contributed by atoms with Crippen LogP contribution in [0.2, 0.25) is 0 Å². The number of nitrogens with one attached hydrogen (secondary N) is 1. The first-order valence-electron chi connectivity index (χ1n) is 7.01. The van der Waals surface area contributed by atoms with Crippen molar-refractivity contribution < 1.29 is 47.9 Å². The van der Waals surface area contributed by atoms with Gasteiger partial charge in [-0.3, -0.25) is 4.72 Å². The van der Waals surface area contributed by atoms with Crippen LogP contribution in [0.25, 0.3) is 0 Å². The van der Waals surface area contributed by atoms with Gasteiger partial charge in [0.2, 0.25) is 0 Å². The minimum Gasteiger partial charge on any atom is -0.279 e. The fourth-order valence-corrected chi connectivity index (χ4v) is 3.49. The number of benzene rings is 2. The van der Waals surface area contributed by atoms with Crippen molar-refractivity contribution in [3.8, 4) is 0 Å². The third-order valence-electron chi connectivity index (χ3n) is 3.38. The van der Waals surface area contributed by atoms with Crippen LogP contribution in [0.1, 0.15) is 16.7 Å². The number of hydrogen-bond acceptors (Lipinski definition) is 2. The number of halogens is 9. The van der Waals surface area contributed by atoms with Crippen LogP contribution in [0, 0.1) is 0 Å². The molecule has 0 heterocycles. The van der Waals surface area contributed by atoms with Gasteiger partial charge in [0.25, 0.3) is 10.0 Å². The Bertz CT molecular complexity index is 976. The Morgan fingerprint density at radius 1 is 0.679 bits per heavy atom. The number of anilines is 1. The van der Waals surface area contributed by atoms with Crippen molar-refractivity contribution in [2.75, 3.05) is 4.72 Å². The maximum absolute atomic E-state index is 13.0. The first-order valence-corrected chi connectivity index (χ1v) is 8.49. The molecule has 154 valence electrons. The van der Waals surface area contributed by atoms with Crippen molar-refractivity contribution in [1.82, 2.24) is 0 Å². The molecule has 0 fully saturated rings. The van der Waals surface area contributed by atoms with Gasteiger partial charge in [0.05, 0.1) is 27.3 Å². The van der Waals surface area contributed by atoms with Crippen LogP contribution in [0.15, 0.2) is 47.4 Å². The standard InChI is InChI=1S/C15H8F9NO2S/c16-13(17,18)8-5-6-9(14(19,20)21)11(7-8)25-28(26,27)12-4-2-1-3-10(12)15(22,23)24/h1-7,25H. The summed E-state index contributed by atoms with van der Waals surface area (Å²) in [5.74, 6) is 0. The molecule has 0 saturated carbocycles. The monoisotopic (exact) mass is 437 g/mol. The van der Waals surface area contributed by atoms with Crippen LogP contribution in [0.5, 0.6) is 0 Å². The lowest BCUT2D eigenvalue weighted by atomic mass is 10.1. The summed E-state index contributed by atoms with van der Waals surface area (Å²) in [4.78, 5) is -1.44. The molecule has 0 radical (unpaired) electrons. The molecule has 0 bridgehead atoms. The third kappa shape index (κ3) is 4.69. The minimum absolute atomic E-state index is 0.0175. The fraction of sp³-hybridized carbons (Fsp3) is 0.200. The van der Waals surface area contributed by atoms with Gasteiger partial charge in [0, 0.05) is 0 Å². The van der Waals surface area contributed by atoms with E-state index in [2.05, 4.69) is 0 Å². The molecule has 28 heavy (non-hydrogen) atoms. The first kappa shape index (κ1) is 21.9. The van der Waals surface area contributed by atoms with E-state index in [1.807, 2.05) is 0 Å². The van der Waals surface area contributed by atoms with E-state index in [1.165, 1.54) is 4.72 Å². The zero-order chi connectivity index (χ0) is 21.5. The fourth-order valence-electron chi connectivity index (χ4n) is 2.19. The molecule has 0 aliphatic carbocycles. The average Bonchev–Trinajstić information content (AvgIpc) is 2.51. The molecule has 0 aromatic heterocycles. The van der Waals surface area contributed by atoms with E-state index < -0.39 is 55.8 Å². The molecule has 0 spiro atoms. The molecule has 1 N–H and O–H groups in total. The topological polar surface area (TPSA) is 46.2 Å². The second-order valence-electron chi connectivity index (χ2n) is 5.36. The Morgan fingerprint density at radius 3 is 1.71 bits per heavy atom. The average molecular weight is 437 g/mol. The third-order valence-corrected chi connectivity index (χ3v) is 4.80. The van der Waals surface area contributed by atoms with E-state index in [9.17, 15) is 47.9 Å². The van der Waals surface area contributed by atoms with E-state index >= 15 is 0 Å². The molecule has 2 aromatic rings. The predicted octanol–water partition coefficient (Wildman–Crippen LogP) is 5.54. The van der Waals surface area contributed by atoms with Crippen LogP contribution in [-0.4, -0.2) is 8.42 Å². The highest BCUT2D eigenvalue weighted by Crippen LogP contribution is 2.40. The van der Waals surface area contributed by atoms with Crippen molar-refractivity contribution in [3.05, 3.63) is 59.2 Å². The van der Waals surface area contributed by atoms with Crippen LogP contribution >= 0.6 is 0 Å². The van der Waals surface area contributed by atoms with E-state index in [1.54, 1.807) is 0 Å². The summed E-state index contributed by atoms with van der Waals surface area (Å²) in [6.07, 6.45) is -15.6. The van der Waals surface area contributed by atoms with Gasteiger partial charge in [-0.05, 0) is 30.3 Å². The van der Waals surface area contributed by atoms with Gasteiger partial charge in [-0.25, -0.2) is 8.42 Å². The lowest BCUT2D eigenvalue weighted by molar-refractivity contribution is -0.140. The maximum atomic E-state index is 13.0. The summed E-state index contributed by atoms with van der Waals surface area (Å²) in [5.41, 5.74) is -6.67. The predicted molar refractivity (Wildman–Crippen MR) is 78.7 cm³/mol. The molecular formula is C15H8F9NO2S. The highest BCUT2D eigenvalue weighted by atomic mass is 32.2. The molecule has 0 aliphatic rings. The summed E-state index contributed by atoms with van der Waals surface area (Å²) < 4.78 is 142. The molecular weight excluding hydrogens is 429 g/mol. The van der Waals surface area contributed by atoms with Crippen molar-refractivity contribution >= 4 is 15.7 Å². The molecule has 0 amide bonds. The summed E-state index contributed by atoms with van der Waals surface area (Å²) in [6.45, 7) is 0. The number of rotatable bonds is 3. The van der Waals surface area contributed by atoms with E-state index in [0.29, 0.717) is 12.1 Å². The Hall–Kier alpha value is -2.44. The number of alkyl halides is 9.